The predicted molar refractivity (Wildman–Crippen MR) is 131 cm³/mol. The van der Waals surface area contributed by atoms with E-state index in [1.54, 1.807) is 0 Å². The fourth-order valence-electron chi connectivity index (χ4n) is 3.39. The number of benzene rings is 1. The van der Waals surface area contributed by atoms with Crippen molar-refractivity contribution in [2.75, 3.05) is 0 Å². The molecule has 0 aliphatic rings. The Bertz CT molecular complexity index is 1070. The van der Waals surface area contributed by atoms with Crippen LogP contribution in [0.25, 0.3) is 0 Å². The molecule has 0 atom stereocenters. The maximum Gasteiger partial charge on any atom is 0.306 e. The Kier molecular flexibility index (Phi) is 8.68. The summed E-state index contributed by atoms with van der Waals surface area (Å²) in [7, 11) is 0. The summed E-state index contributed by atoms with van der Waals surface area (Å²) in [6.07, 6.45) is 8.06. The molecule has 0 aliphatic heterocycles. The zero-order valence-corrected chi connectivity index (χ0v) is 20.8. The molecule has 180 valence electrons. The van der Waals surface area contributed by atoms with Gasteiger partial charge >= 0.3 is 5.97 Å². The summed E-state index contributed by atoms with van der Waals surface area (Å²) in [5.74, 6) is 2.53. The molecule has 1 aromatic carbocycles. The molecule has 3 aromatic rings. The van der Waals surface area contributed by atoms with Crippen LogP contribution in [-0.4, -0.2) is 31.5 Å². The SMILES string of the molecule is CCc1cnc(CCc2cc(Oc3ccc(CCCC(=O)OC(C)(C)C)cc3)nc(C)n2)nc1. The van der Waals surface area contributed by atoms with Crippen molar-refractivity contribution in [3.8, 4) is 11.6 Å². The van der Waals surface area contributed by atoms with Gasteiger partial charge in [-0.15, -0.1) is 0 Å². The third-order valence-electron chi connectivity index (χ3n) is 5.05. The van der Waals surface area contributed by atoms with Crippen molar-refractivity contribution in [1.29, 1.82) is 0 Å². The average molecular weight is 463 g/mol. The van der Waals surface area contributed by atoms with Gasteiger partial charge in [0.05, 0.1) is 0 Å². The molecule has 0 bridgehead atoms. The minimum atomic E-state index is -0.441. The van der Waals surface area contributed by atoms with Gasteiger partial charge in [-0.05, 0) is 76.6 Å². The second-order valence-electron chi connectivity index (χ2n) is 9.29. The first kappa shape index (κ1) is 25.3. The molecule has 0 saturated carbocycles. The van der Waals surface area contributed by atoms with E-state index < -0.39 is 5.60 Å². The van der Waals surface area contributed by atoms with E-state index in [1.807, 2.05) is 70.4 Å². The zero-order valence-electron chi connectivity index (χ0n) is 20.8. The molecule has 0 saturated heterocycles. The molecule has 7 heteroatoms. The molecular formula is C27H34N4O3. The van der Waals surface area contributed by atoms with Crippen molar-refractivity contribution in [2.24, 2.45) is 0 Å². The molecule has 0 unspecified atom stereocenters. The molecule has 34 heavy (non-hydrogen) atoms. The minimum Gasteiger partial charge on any atom is -0.460 e. The van der Waals surface area contributed by atoms with Crippen LogP contribution in [0.15, 0.2) is 42.7 Å². The number of hydrogen-bond acceptors (Lipinski definition) is 7. The molecule has 7 nitrogen and oxygen atoms in total. The highest BCUT2D eigenvalue weighted by Crippen LogP contribution is 2.22. The summed E-state index contributed by atoms with van der Waals surface area (Å²) in [6, 6.07) is 9.72. The summed E-state index contributed by atoms with van der Waals surface area (Å²) in [4.78, 5) is 29.6. The summed E-state index contributed by atoms with van der Waals surface area (Å²) in [5, 5.41) is 0. The van der Waals surface area contributed by atoms with Crippen LogP contribution >= 0.6 is 0 Å². The highest BCUT2D eigenvalue weighted by atomic mass is 16.6. The lowest BCUT2D eigenvalue weighted by atomic mass is 10.1. The number of carbonyl (C=O) groups excluding carboxylic acids is 1. The standard InChI is InChI=1S/C27H34N4O3/c1-6-20-17-28-24(29-18-20)15-12-22-16-25(31-19(2)30-22)33-23-13-10-21(11-14-23)8-7-9-26(32)34-27(3,4)5/h10-11,13-14,16-18H,6-9,12,15H2,1-5H3. The average Bonchev–Trinajstić information content (AvgIpc) is 2.78. The van der Waals surface area contributed by atoms with Crippen molar-refractivity contribution in [2.45, 2.75) is 78.7 Å². The Morgan fingerprint density at radius 1 is 0.941 bits per heavy atom. The van der Waals surface area contributed by atoms with Crippen LogP contribution in [0.5, 0.6) is 11.6 Å². The number of carbonyl (C=O) groups is 1. The Morgan fingerprint density at radius 3 is 2.29 bits per heavy atom. The van der Waals surface area contributed by atoms with Crippen molar-refractivity contribution in [1.82, 2.24) is 19.9 Å². The van der Waals surface area contributed by atoms with Crippen LogP contribution in [0.1, 0.15) is 69.0 Å². The number of ether oxygens (including phenoxy) is 2. The highest BCUT2D eigenvalue weighted by molar-refractivity contribution is 5.69. The van der Waals surface area contributed by atoms with Crippen LogP contribution < -0.4 is 4.74 Å². The van der Waals surface area contributed by atoms with Gasteiger partial charge in [0.25, 0.3) is 0 Å². The topological polar surface area (TPSA) is 87.1 Å². The van der Waals surface area contributed by atoms with Crippen molar-refractivity contribution >= 4 is 5.97 Å². The normalized spacial score (nSPS) is 11.3. The minimum absolute atomic E-state index is 0.160. The number of esters is 1. The molecule has 0 spiro atoms. The van der Waals surface area contributed by atoms with E-state index >= 15 is 0 Å². The molecule has 0 radical (unpaired) electrons. The van der Waals surface area contributed by atoms with Crippen LogP contribution in [0.4, 0.5) is 0 Å². The van der Waals surface area contributed by atoms with Gasteiger partial charge in [0.2, 0.25) is 5.88 Å². The van der Waals surface area contributed by atoms with Gasteiger partial charge in [0.15, 0.2) is 0 Å². The highest BCUT2D eigenvalue weighted by Gasteiger charge is 2.15. The van der Waals surface area contributed by atoms with Gasteiger partial charge in [0, 0.05) is 37.0 Å². The fraction of sp³-hybridized carbons (Fsp3) is 0.444. The van der Waals surface area contributed by atoms with E-state index in [2.05, 4.69) is 26.9 Å². The maximum atomic E-state index is 11.9. The monoisotopic (exact) mass is 462 g/mol. The molecule has 0 fully saturated rings. The smallest absolute Gasteiger partial charge is 0.306 e. The van der Waals surface area contributed by atoms with E-state index in [0.717, 1.165) is 41.9 Å². The van der Waals surface area contributed by atoms with Crippen LogP contribution in [0, 0.1) is 6.92 Å². The largest absolute Gasteiger partial charge is 0.460 e. The van der Waals surface area contributed by atoms with E-state index in [9.17, 15) is 4.79 Å². The lowest BCUT2D eigenvalue weighted by Crippen LogP contribution is -2.23. The summed E-state index contributed by atoms with van der Waals surface area (Å²) in [5.41, 5.74) is 2.73. The molecular weight excluding hydrogens is 428 g/mol. The predicted octanol–water partition coefficient (Wildman–Crippen LogP) is 5.38. The molecule has 0 amide bonds. The Labute approximate surface area is 202 Å². The van der Waals surface area contributed by atoms with Crippen molar-refractivity contribution in [3.05, 3.63) is 71.2 Å². The first-order valence-electron chi connectivity index (χ1n) is 11.8. The Hall–Kier alpha value is -3.35. The first-order valence-corrected chi connectivity index (χ1v) is 11.8. The zero-order chi connectivity index (χ0) is 24.6. The third kappa shape index (κ3) is 8.54. The third-order valence-corrected chi connectivity index (χ3v) is 5.05. The second kappa shape index (κ2) is 11.7. The lowest BCUT2D eigenvalue weighted by Gasteiger charge is -2.19. The Balaban J connectivity index is 1.52. The van der Waals surface area contributed by atoms with Gasteiger partial charge in [-0.25, -0.2) is 15.0 Å². The maximum absolute atomic E-state index is 11.9. The molecule has 3 rings (SSSR count). The van der Waals surface area contributed by atoms with E-state index in [0.29, 0.717) is 36.7 Å². The number of aromatic nitrogens is 4. The fourth-order valence-corrected chi connectivity index (χ4v) is 3.39. The second-order valence-corrected chi connectivity index (χ2v) is 9.29. The quantitative estimate of drug-likeness (QED) is 0.374. The lowest BCUT2D eigenvalue weighted by molar-refractivity contribution is -0.154. The van der Waals surface area contributed by atoms with E-state index in [4.69, 9.17) is 9.47 Å². The summed E-state index contributed by atoms with van der Waals surface area (Å²) in [6.45, 7) is 9.59. The Morgan fingerprint density at radius 2 is 1.65 bits per heavy atom. The molecule has 0 N–H and O–H groups in total. The van der Waals surface area contributed by atoms with Gasteiger partial charge in [-0.2, -0.15) is 4.98 Å². The van der Waals surface area contributed by atoms with E-state index in [1.165, 1.54) is 0 Å². The van der Waals surface area contributed by atoms with Crippen LogP contribution in [0.2, 0.25) is 0 Å². The summed E-state index contributed by atoms with van der Waals surface area (Å²) < 4.78 is 11.3. The van der Waals surface area contributed by atoms with E-state index in [-0.39, 0.29) is 5.97 Å². The van der Waals surface area contributed by atoms with Gasteiger partial charge in [0.1, 0.15) is 23.0 Å². The number of nitrogens with zero attached hydrogens (tertiary/aromatic N) is 4. The number of hydrogen-bond donors (Lipinski definition) is 0. The van der Waals surface area contributed by atoms with Gasteiger partial charge in [-0.1, -0.05) is 19.1 Å². The van der Waals surface area contributed by atoms with Gasteiger partial charge in [-0.3, -0.25) is 4.79 Å². The first-order chi connectivity index (χ1) is 16.2. The number of aryl methyl sites for hydroxylation is 5. The number of rotatable bonds is 10. The van der Waals surface area contributed by atoms with Crippen molar-refractivity contribution < 1.29 is 14.3 Å². The molecule has 2 aromatic heterocycles. The van der Waals surface area contributed by atoms with Crippen molar-refractivity contribution in [3.63, 3.8) is 0 Å². The van der Waals surface area contributed by atoms with Crippen LogP contribution in [0.3, 0.4) is 0 Å². The van der Waals surface area contributed by atoms with Crippen LogP contribution in [-0.2, 0) is 35.2 Å². The summed E-state index contributed by atoms with van der Waals surface area (Å²) >= 11 is 0. The molecule has 2 heterocycles. The molecule has 0 aliphatic carbocycles. The van der Waals surface area contributed by atoms with Gasteiger partial charge < -0.3 is 9.47 Å².